The number of ether oxygens (including phenoxy) is 2. The molecule has 0 fully saturated rings. The molecule has 4 radical (unpaired) electrons. The SMILES string of the molecule is CCCCN1[C]N(c2ccc(OC)nn2)C=C1.CCCCN1[C]N(c2ccc(OC)nn2)C=C1.CCCCn1[c-]ncc1.CCCCn1[c-]ncc1.[Cl][Pd+].[Cl][Pd+]. The zero-order chi connectivity index (χ0) is 41.2. The monoisotopic (exact) mass is 992 g/mol. The van der Waals surface area contributed by atoms with Crippen LogP contribution in [0.2, 0.25) is 0 Å². The van der Waals surface area contributed by atoms with Crippen molar-refractivity contribution in [3.05, 3.63) is 99.8 Å². The van der Waals surface area contributed by atoms with E-state index in [0.717, 1.165) is 50.7 Å². The summed E-state index contributed by atoms with van der Waals surface area (Å²) in [5.41, 5.74) is 0. The molecule has 14 nitrogen and oxygen atoms in total. The van der Waals surface area contributed by atoms with Gasteiger partial charge in [0.25, 0.3) is 0 Å². The molecule has 0 saturated carbocycles. The summed E-state index contributed by atoms with van der Waals surface area (Å²) in [5, 5.41) is 16.0. The van der Waals surface area contributed by atoms with Gasteiger partial charge in [0, 0.05) is 62.7 Å². The van der Waals surface area contributed by atoms with E-state index in [1.807, 2.05) is 78.1 Å². The van der Waals surface area contributed by atoms with E-state index in [-0.39, 0.29) is 0 Å². The second-order valence-electron chi connectivity index (χ2n) is 11.6. The average molecular weight is 995 g/mol. The molecule has 0 amide bonds. The average Bonchev–Trinajstić information content (AvgIpc) is 4.12. The third-order valence-corrected chi connectivity index (χ3v) is 7.45. The second-order valence-corrected chi connectivity index (χ2v) is 11.6. The van der Waals surface area contributed by atoms with Gasteiger partial charge < -0.3 is 38.4 Å². The predicted molar refractivity (Wildman–Crippen MR) is 214 cm³/mol. The van der Waals surface area contributed by atoms with Gasteiger partial charge in [-0.25, -0.2) is 0 Å². The van der Waals surface area contributed by atoms with Crippen molar-refractivity contribution in [3.8, 4) is 11.8 Å². The van der Waals surface area contributed by atoms with Gasteiger partial charge >= 0.3 is 55.4 Å². The van der Waals surface area contributed by atoms with E-state index in [9.17, 15) is 0 Å². The Morgan fingerprint density at radius 1 is 0.554 bits per heavy atom. The van der Waals surface area contributed by atoms with Gasteiger partial charge in [0.15, 0.2) is 11.6 Å². The molecule has 6 rings (SSSR count). The molecule has 2 aliphatic heterocycles. The first kappa shape index (κ1) is 50.8. The number of aryl methyl sites for hydroxylation is 2. The molecular weight excluding hydrogens is 940 g/mol. The van der Waals surface area contributed by atoms with E-state index < -0.39 is 0 Å². The molecule has 6 heterocycles. The van der Waals surface area contributed by atoms with Crippen LogP contribution in [0.4, 0.5) is 11.6 Å². The molecule has 56 heavy (non-hydrogen) atoms. The normalized spacial score (nSPS) is 12.2. The number of methoxy groups -OCH3 is 2. The molecule has 312 valence electrons. The molecule has 2 aliphatic rings. The first-order chi connectivity index (χ1) is 27.5. The first-order valence-electron chi connectivity index (χ1n) is 18.3. The van der Waals surface area contributed by atoms with Crippen LogP contribution >= 0.6 is 19.1 Å². The van der Waals surface area contributed by atoms with Crippen LogP contribution in [-0.2, 0) is 49.5 Å². The van der Waals surface area contributed by atoms with Gasteiger partial charge in [0.1, 0.15) is 0 Å². The Balaban J connectivity index is 0.000000376. The predicted octanol–water partition coefficient (Wildman–Crippen LogP) is 8.09. The standard InChI is InChI=1S/2C12H16N4O.2C7H11N2.2ClH.2Pd/c2*1-3-4-7-15-8-9-16(10-15)11-5-6-12(17-2)14-13-11;2*1-2-3-5-9-6-4-8-7-9;;;;/h2*5-6,8-9H,3-4,7H2,1-2H3;2*4,6H,2-3,5H2,1H3;2*1H;;/q;;2*-1;;;2*+2/p-2. The third kappa shape index (κ3) is 21.3. The van der Waals surface area contributed by atoms with Gasteiger partial charge in [-0.05, 0) is 50.9 Å². The minimum atomic E-state index is 0.514. The van der Waals surface area contributed by atoms with Crippen LogP contribution in [0.25, 0.3) is 0 Å². The van der Waals surface area contributed by atoms with Gasteiger partial charge in [-0.3, -0.25) is 9.80 Å². The van der Waals surface area contributed by atoms with E-state index >= 15 is 0 Å². The van der Waals surface area contributed by atoms with Crippen molar-refractivity contribution < 1.29 is 45.8 Å². The summed E-state index contributed by atoms with van der Waals surface area (Å²) in [6, 6.07) is 7.28. The van der Waals surface area contributed by atoms with Crippen LogP contribution in [0.3, 0.4) is 0 Å². The van der Waals surface area contributed by atoms with Crippen molar-refractivity contribution in [2.45, 2.75) is 92.2 Å². The van der Waals surface area contributed by atoms with Crippen LogP contribution in [0.1, 0.15) is 79.1 Å². The zero-order valence-corrected chi connectivity index (χ0v) is 37.6. The van der Waals surface area contributed by atoms with Gasteiger partial charge in [-0.15, -0.1) is 45.2 Å². The van der Waals surface area contributed by atoms with Crippen LogP contribution in [0.15, 0.2) is 73.9 Å². The van der Waals surface area contributed by atoms with Crippen molar-refractivity contribution in [1.82, 2.24) is 49.3 Å². The van der Waals surface area contributed by atoms with Crippen molar-refractivity contribution in [3.63, 3.8) is 0 Å². The molecule has 0 aromatic carbocycles. The number of unbranched alkanes of at least 4 members (excludes halogenated alkanes) is 4. The number of halogens is 2. The number of rotatable bonds is 16. The number of nitrogens with zero attached hydrogens (tertiary/aromatic N) is 12. The number of aromatic nitrogens is 8. The van der Waals surface area contributed by atoms with E-state index in [4.69, 9.17) is 9.47 Å². The number of hydrogen-bond acceptors (Lipinski definition) is 12. The molecule has 0 atom stereocenters. The molecule has 4 aromatic rings. The minimum absolute atomic E-state index is 0.514. The van der Waals surface area contributed by atoms with Crippen molar-refractivity contribution in [2.75, 3.05) is 37.1 Å². The second kappa shape index (κ2) is 33.9. The fourth-order valence-corrected chi connectivity index (χ4v) is 4.38. The van der Waals surface area contributed by atoms with E-state index in [1.165, 1.54) is 38.5 Å². The molecule has 0 aliphatic carbocycles. The van der Waals surface area contributed by atoms with E-state index in [1.54, 1.807) is 38.7 Å². The molecule has 0 saturated heterocycles. The van der Waals surface area contributed by atoms with Crippen molar-refractivity contribution in [1.29, 1.82) is 0 Å². The Morgan fingerprint density at radius 3 is 1.21 bits per heavy atom. The fraction of sp³-hybridized carbons (Fsp3) is 0.474. The summed E-state index contributed by atoms with van der Waals surface area (Å²) in [6.45, 7) is 19.1. The molecule has 18 heteroatoms. The molecule has 4 aromatic heterocycles. The summed E-state index contributed by atoms with van der Waals surface area (Å²) in [6.07, 6.45) is 30.4. The molecule has 0 spiro atoms. The maximum absolute atomic E-state index is 4.97. The Hall–Kier alpha value is -3.24. The summed E-state index contributed by atoms with van der Waals surface area (Å²) in [7, 11) is 12.1. The number of hydrogen-bond donors (Lipinski definition) is 0. The van der Waals surface area contributed by atoms with Gasteiger partial charge in [-0.1, -0.05) is 53.4 Å². The number of imidazole rings is 2. The third-order valence-electron chi connectivity index (χ3n) is 7.45. The topological polar surface area (TPSA) is 119 Å². The van der Waals surface area contributed by atoms with Gasteiger partial charge in [-0.2, -0.15) is 0 Å². The van der Waals surface area contributed by atoms with Gasteiger partial charge in [0.2, 0.25) is 25.1 Å². The molecule has 0 bridgehead atoms. The van der Waals surface area contributed by atoms with Gasteiger partial charge in [0.05, 0.1) is 14.2 Å². The molecule has 0 unspecified atom stereocenters. The maximum atomic E-state index is 4.97. The Bertz CT molecular complexity index is 1390. The van der Waals surface area contributed by atoms with E-state index in [2.05, 4.69) is 139 Å². The van der Waals surface area contributed by atoms with Crippen molar-refractivity contribution in [2.24, 2.45) is 0 Å². The van der Waals surface area contributed by atoms with Crippen LogP contribution in [-0.4, -0.2) is 76.6 Å². The Kier molecular flexibility index (Phi) is 30.7. The Morgan fingerprint density at radius 2 is 0.929 bits per heavy atom. The molecular formula is C38H54Cl2N12O2Pd2. The van der Waals surface area contributed by atoms with Crippen LogP contribution in [0, 0.1) is 26.0 Å². The first-order valence-corrected chi connectivity index (χ1v) is 22.3. The van der Waals surface area contributed by atoms with E-state index in [0.29, 0.717) is 11.8 Å². The summed E-state index contributed by atoms with van der Waals surface area (Å²) >= 11 is 4.44. The quantitative estimate of drug-likeness (QED) is 0.0798. The summed E-state index contributed by atoms with van der Waals surface area (Å²) in [4.78, 5) is 15.3. The summed E-state index contributed by atoms with van der Waals surface area (Å²) < 4.78 is 13.9. The molecule has 0 N–H and O–H groups in total. The summed E-state index contributed by atoms with van der Waals surface area (Å²) in [5.74, 6) is 2.50. The zero-order valence-electron chi connectivity index (χ0n) is 33.0. The van der Waals surface area contributed by atoms with Crippen LogP contribution in [0.5, 0.6) is 11.8 Å². The fourth-order valence-electron chi connectivity index (χ4n) is 4.38. The van der Waals surface area contributed by atoms with Crippen molar-refractivity contribution >= 4 is 30.7 Å². The van der Waals surface area contributed by atoms with Crippen LogP contribution < -0.4 is 19.3 Å². The number of anilines is 2. The Labute approximate surface area is 364 Å².